The third-order valence-electron chi connectivity index (χ3n) is 3.67. The lowest BCUT2D eigenvalue weighted by atomic mass is 10.2. The molecule has 0 heterocycles. The molecule has 6 nitrogen and oxygen atoms in total. The Bertz CT molecular complexity index is 876. The fourth-order valence-corrected chi connectivity index (χ4v) is 2.93. The van der Waals surface area contributed by atoms with Gasteiger partial charge >= 0.3 is 0 Å². The van der Waals surface area contributed by atoms with E-state index < -0.39 is 9.84 Å². The lowest BCUT2D eigenvalue weighted by Crippen LogP contribution is -2.12. The maximum absolute atomic E-state index is 12.4. The van der Waals surface area contributed by atoms with Crippen LogP contribution in [-0.2, 0) is 9.84 Å². The number of hydrogen-bond acceptors (Lipinski definition) is 5. The summed E-state index contributed by atoms with van der Waals surface area (Å²) in [5, 5.41) is 2.79. The van der Waals surface area contributed by atoms with Gasteiger partial charge in [-0.3, -0.25) is 4.79 Å². The third kappa shape index (κ3) is 5.99. The van der Waals surface area contributed by atoms with Crippen molar-refractivity contribution in [3.8, 4) is 11.5 Å². The van der Waals surface area contributed by atoms with Gasteiger partial charge in [-0.05, 0) is 49.2 Å². The van der Waals surface area contributed by atoms with Crippen LogP contribution in [0.25, 0.3) is 0 Å². The van der Waals surface area contributed by atoms with Crippen molar-refractivity contribution in [2.45, 2.75) is 31.6 Å². The normalized spacial score (nSPS) is 11.1. The average molecular weight is 391 g/mol. The van der Waals surface area contributed by atoms with Crippen molar-refractivity contribution in [1.29, 1.82) is 0 Å². The highest BCUT2D eigenvalue weighted by Gasteiger charge is 2.12. The zero-order valence-electron chi connectivity index (χ0n) is 15.8. The number of nitrogens with one attached hydrogen (secondary N) is 1. The molecule has 0 saturated carbocycles. The number of anilines is 1. The molecule has 27 heavy (non-hydrogen) atoms. The number of hydrogen-bond donors (Lipinski definition) is 1. The topological polar surface area (TPSA) is 81.7 Å². The molecule has 2 aromatic rings. The monoisotopic (exact) mass is 391 g/mol. The molecular weight excluding hydrogens is 366 g/mol. The van der Waals surface area contributed by atoms with Crippen molar-refractivity contribution in [1.82, 2.24) is 0 Å². The van der Waals surface area contributed by atoms with E-state index in [4.69, 9.17) is 9.47 Å². The maximum Gasteiger partial charge on any atom is 0.255 e. The fraction of sp³-hybridized carbons (Fsp3) is 0.350. The Balaban J connectivity index is 2.16. The van der Waals surface area contributed by atoms with Crippen LogP contribution in [0, 0.1) is 0 Å². The molecule has 0 radical (unpaired) electrons. The largest absolute Gasteiger partial charge is 0.490 e. The standard InChI is InChI=1S/C20H25NO5S/c1-4-12-25-18-11-8-16(14-19(18)26-13-5-2)21-20(22)15-6-9-17(10-7-15)27(3,23)24/h6-11,14H,4-5,12-13H2,1-3H3,(H,21,22). The molecule has 2 rings (SSSR count). The third-order valence-corrected chi connectivity index (χ3v) is 4.80. The SMILES string of the molecule is CCCOc1ccc(NC(=O)c2ccc(S(C)(=O)=O)cc2)cc1OCCC. The van der Waals surface area contributed by atoms with E-state index in [1.807, 2.05) is 13.8 Å². The highest BCUT2D eigenvalue weighted by molar-refractivity contribution is 7.90. The van der Waals surface area contributed by atoms with Crippen molar-refractivity contribution < 1.29 is 22.7 Å². The second-order valence-electron chi connectivity index (χ2n) is 6.11. The predicted octanol–water partition coefficient (Wildman–Crippen LogP) is 3.92. The quantitative estimate of drug-likeness (QED) is 0.701. The van der Waals surface area contributed by atoms with Crippen molar-refractivity contribution in [3.63, 3.8) is 0 Å². The zero-order valence-corrected chi connectivity index (χ0v) is 16.6. The lowest BCUT2D eigenvalue weighted by Gasteiger charge is -2.14. The summed E-state index contributed by atoms with van der Waals surface area (Å²) in [5.41, 5.74) is 0.937. The molecule has 0 aliphatic carbocycles. The van der Waals surface area contributed by atoms with E-state index in [-0.39, 0.29) is 10.8 Å². The Kier molecular flexibility index (Phi) is 7.24. The molecule has 0 unspecified atom stereocenters. The molecule has 0 aromatic heterocycles. The number of benzene rings is 2. The van der Waals surface area contributed by atoms with Crippen LogP contribution in [0.3, 0.4) is 0 Å². The van der Waals surface area contributed by atoms with E-state index >= 15 is 0 Å². The number of amides is 1. The molecular formula is C20H25NO5S. The molecule has 146 valence electrons. The van der Waals surface area contributed by atoms with Gasteiger partial charge in [0.05, 0.1) is 18.1 Å². The second-order valence-corrected chi connectivity index (χ2v) is 8.12. The Morgan fingerprint density at radius 3 is 2.07 bits per heavy atom. The molecule has 0 spiro atoms. The molecule has 1 N–H and O–H groups in total. The van der Waals surface area contributed by atoms with E-state index in [0.717, 1.165) is 19.1 Å². The van der Waals surface area contributed by atoms with Gasteiger partial charge in [-0.1, -0.05) is 13.8 Å². The van der Waals surface area contributed by atoms with Gasteiger partial charge in [-0.25, -0.2) is 8.42 Å². The van der Waals surface area contributed by atoms with E-state index in [9.17, 15) is 13.2 Å². The zero-order chi connectivity index (χ0) is 19.9. The van der Waals surface area contributed by atoms with E-state index in [1.54, 1.807) is 18.2 Å². The molecule has 0 aliphatic heterocycles. The molecule has 0 aliphatic rings. The minimum Gasteiger partial charge on any atom is -0.490 e. The Labute approximate surface area is 160 Å². The average Bonchev–Trinajstić information content (AvgIpc) is 2.65. The molecule has 7 heteroatoms. The highest BCUT2D eigenvalue weighted by atomic mass is 32.2. The highest BCUT2D eigenvalue weighted by Crippen LogP contribution is 2.31. The summed E-state index contributed by atoms with van der Waals surface area (Å²) < 4.78 is 34.4. The Hall–Kier alpha value is -2.54. The Morgan fingerprint density at radius 2 is 1.52 bits per heavy atom. The smallest absolute Gasteiger partial charge is 0.255 e. The minimum atomic E-state index is -3.29. The van der Waals surface area contributed by atoms with Crippen LogP contribution in [0.4, 0.5) is 5.69 Å². The second kappa shape index (κ2) is 9.41. The van der Waals surface area contributed by atoms with Crippen LogP contribution < -0.4 is 14.8 Å². The first kappa shape index (κ1) is 20.8. The van der Waals surface area contributed by atoms with Gasteiger partial charge < -0.3 is 14.8 Å². The lowest BCUT2D eigenvalue weighted by molar-refractivity contribution is 0.102. The molecule has 1 amide bonds. The summed E-state index contributed by atoms with van der Waals surface area (Å²) >= 11 is 0. The van der Waals surface area contributed by atoms with E-state index in [1.165, 1.54) is 24.3 Å². The van der Waals surface area contributed by atoms with Crippen molar-refractivity contribution in [2.75, 3.05) is 24.8 Å². The molecule has 2 aromatic carbocycles. The number of carbonyl (C=O) groups excluding carboxylic acids is 1. The maximum atomic E-state index is 12.4. The van der Waals surface area contributed by atoms with E-state index in [2.05, 4.69) is 5.32 Å². The summed E-state index contributed by atoms with van der Waals surface area (Å²) in [4.78, 5) is 12.6. The van der Waals surface area contributed by atoms with Crippen LogP contribution >= 0.6 is 0 Å². The first-order chi connectivity index (χ1) is 12.8. The molecule has 0 bridgehead atoms. The van der Waals surface area contributed by atoms with Crippen LogP contribution in [0.2, 0.25) is 0 Å². The summed E-state index contributed by atoms with van der Waals surface area (Å²) in [5.74, 6) is 0.884. The van der Waals surface area contributed by atoms with Crippen LogP contribution in [0.1, 0.15) is 37.0 Å². The first-order valence-electron chi connectivity index (χ1n) is 8.86. The fourth-order valence-electron chi connectivity index (χ4n) is 2.30. The number of carbonyl (C=O) groups is 1. The van der Waals surface area contributed by atoms with Crippen molar-refractivity contribution in [2.24, 2.45) is 0 Å². The van der Waals surface area contributed by atoms with Gasteiger partial charge in [0.2, 0.25) is 0 Å². The number of ether oxygens (including phenoxy) is 2. The van der Waals surface area contributed by atoms with Gasteiger partial charge in [-0.15, -0.1) is 0 Å². The van der Waals surface area contributed by atoms with Crippen molar-refractivity contribution in [3.05, 3.63) is 48.0 Å². The predicted molar refractivity (Wildman–Crippen MR) is 106 cm³/mol. The first-order valence-corrected chi connectivity index (χ1v) is 10.8. The summed E-state index contributed by atoms with van der Waals surface area (Å²) in [6, 6.07) is 11.0. The van der Waals surface area contributed by atoms with Gasteiger partial charge in [0.1, 0.15) is 0 Å². The van der Waals surface area contributed by atoms with Crippen LogP contribution in [0.15, 0.2) is 47.4 Å². The van der Waals surface area contributed by atoms with Gasteiger partial charge in [0, 0.05) is 23.6 Å². The minimum absolute atomic E-state index is 0.173. The summed E-state index contributed by atoms with van der Waals surface area (Å²) in [7, 11) is -3.29. The van der Waals surface area contributed by atoms with Crippen LogP contribution in [0.5, 0.6) is 11.5 Å². The summed E-state index contributed by atoms with van der Waals surface area (Å²) in [6.07, 6.45) is 2.87. The number of rotatable bonds is 9. The van der Waals surface area contributed by atoms with Gasteiger partial charge in [0.15, 0.2) is 21.3 Å². The van der Waals surface area contributed by atoms with Crippen LogP contribution in [-0.4, -0.2) is 33.8 Å². The number of sulfone groups is 1. The van der Waals surface area contributed by atoms with Crippen molar-refractivity contribution >= 4 is 21.4 Å². The Morgan fingerprint density at radius 1 is 0.926 bits per heavy atom. The molecule has 0 fully saturated rings. The molecule has 0 atom stereocenters. The van der Waals surface area contributed by atoms with Gasteiger partial charge in [0.25, 0.3) is 5.91 Å². The van der Waals surface area contributed by atoms with Gasteiger partial charge in [-0.2, -0.15) is 0 Å². The van der Waals surface area contributed by atoms with E-state index in [0.29, 0.717) is 36.0 Å². The molecule has 0 saturated heterocycles. The summed E-state index contributed by atoms with van der Waals surface area (Å²) in [6.45, 7) is 5.17.